The molecule has 1 N–H and O–H groups in total. The van der Waals surface area contributed by atoms with Gasteiger partial charge < -0.3 is 10.2 Å². The maximum absolute atomic E-state index is 4.57. The van der Waals surface area contributed by atoms with E-state index in [-0.39, 0.29) is 0 Å². The molecular weight excluding hydrogens is 242 g/mol. The fourth-order valence-electron chi connectivity index (χ4n) is 2.04. The molecule has 0 saturated heterocycles. The molecule has 2 aromatic rings. The van der Waals surface area contributed by atoms with Gasteiger partial charge in [-0.2, -0.15) is 0 Å². The number of aromatic nitrogens is 1. The fourth-order valence-corrected chi connectivity index (χ4v) is 2.79. The van der Waals surface area contributed by atoms with Gasteiger partial charge >= 0.3 is 0 Å². The van der Waals surface area contributed by atoms with Crippen molar-refractivity contribution >= 4 is 17.2 Å². The van der Waals surface area contributed by atoms with Crippen LogP contribution < -0.4 is 10.2 Å². The lowest BCUT2D eigenvalue weighted by Gasteiger charge is -2.19. The SMILES string of the molecule is CNCc1cnc(N(C)Cc2cccs2)c(C)c1. The molecule has 2 heterocycles. The van der Waals surface area contributed by atoms with Crippen molar-refractivity contribution in [1.82, 2.24) is 10.3 Å². The summed E-state index contributed by atoms with van der Waals surface area (Å²) in [5, 5.41) is 5.25. The van der Waals surface area contributed by atoms with E-state index in [1.54, 1.807) is 11.3 Å². The lowest BCUT2D eigenvalue weighted by atomic mass is 10.2. The fraction of sp³-hybridized carbons (Fsp3) is 0.357. The maximum Gasteiger partial charge on any atom is 0.131 e. The van der Waals surface area contributed by atoms with Gasteiger partial charge in [0.2, 0.25) is 0 Å². The predicted octanol–water partition coefficient (Wildman–Crippen LogP) is 2.81. The van der Waals surface area contributed by atoms with Gasteiger partial charge in [-0.1, -0.05) is 6.07 Å². The third kappa shape index (κ3) is 3.09. The summed E-state index contributed by atoms with van der Waals surface area (Å²) < 4.78 is 0. The van der Waals surface area contributed by atoms with Crippen LogP contribution in [0.15, 0.2) is 29.8 Å². The number of rotatable bonds is 5. The summed E-state index contributed by atoms with van der Waals surface area (Å²) >= 11 is 1.78. The van der Waals surface area contributed by atoms with Crippen molar-refractivity contribution in [3.05, 3.63) is 45.8 Å². The average molecular weight is 261 g/mol. The minimum atomic E-state index is 0.864. The Morgan fingerprint density at radius 1 is 1.44 bits per heavy atom. The lowest BCUT2D eigenvalue weighted by Crippen LogP contribution is -2.18. The van der Waals surface area contributed by atoms with Gasteiger partial charge in [0.15, 0.2) is 0 Å². The molecule has 0 saturated carbocycles. The molecule has 0 aromatic carbocycles. The van der Waals surface area contributed by atoms with Crippen molar-refractivity contribution in [2.75, 3.05) is 19.0 Å². The highest BCUT2D eigenvalue weighted by molar-refractivity contribution is 7.09. The first-order valence-electron chi connectivity index (χ1n) is 6.04. The topological polar surface area (TPSA) is 28.2 Å². The van der Waals surface area contributed by atoms with Crippen LogP contribution in [0.4, 0.5) is 5.82 Å². The van der Waals surface area contributed by atoms with E-state index in [0.29, 0.717) is 0 Å². The van der Waals surface area contributed by atoms with E-state index in [1.165, 1.54) is 16.0 Å². The highest BCUT2D eigenvalue weighted by Gasteiger charge is 2.08. The first-order chi connectivity index (χ1) is 8.70. The number of pyridine rings is 1. The van der Waals surface area contributed by atoms with Crippen LogP contribution in [0.25, 0.3) is 0 Å². The molecule has 0 aliphatic rings. The molecule has 0 bridgehead atoms. The molecule has 0 spiro atoms. The molecular formula is C14H19N3S. The molecule has 4 heteroatoms. The highest BCUT2D eigenvalue weighted by atomic mass is 32.1. The minimum absolute atomic E-state index is 0.864. The van der Waals surface area contributed by atoms with Gasteiger partial charge in [0.05, 0.1) is 6.54 Å². The molecule has 2 aromatic heterocycles. The number of aryl methyl sites for hydroxylation is 1. The van der Waals surface area contributed by atoms with Crippen molar-refractivity contribution in [1.29, 1.82) is 0 Å². The zero-order valence-corrected chi connectivity index (χ0v) is 11.9. The van der Waals surface area contributed by atoms with Crippen molar-refractivity contribution in [2.45, 2.75) is 20.0 Å². The summed E-state index contributed by atoms with van der Waals surface area (Å²) in [6.07, 6.45) is 1.95. The van der Waals surface area contributed by atoms with Crippen LogP contribution in [0, 0.1) is 6.92 Å². The van der Waals surface area contributed by atoms with E-state index in [2.05, 4.69) is 52.8 Å². The van der Waals surface area contributed by atoms with E-state index in [0.717, 1.165) is 18.9 Å². The number of nitrogens with zero attached hydrogens (tertiary/aromatic N) is 2. The summed E-state index contributed by atoms with van der Waals surface area (Å²) in [7, 11) is 4.04. The van der Waals surface area contributed by atoms with E-state index < -0.39 is 0 Å². The Morgan fingerprint density at radius 3 is 2.89 bits per heavy atom. The maximum atomic E-state index is 4.57. The van der Waals surface area contributed by atoms with E-state index in [4.69, 9.17) is 0 Å². The van der Waals surface area contributed by atoms with Gasteiger partial charge in [-0.15, -0.1) is 11.3 Å². The predicted molar refractivity (Wildman–Crippen MR) is 78.2 cm³/mol. The molecule has 2 rings (SSSR count). The third-order valence-corrected chi connectivity index (χ3v) is 3.68. The highest BCUT2D eigenvalue weighted by Crippen LogP contribution is 2.20. The lowest BCUT2D eigenvalue weighted by molar-refractivity contribution is 0.808. The quantitative estimate of drug-likeness (QED) is 0.897. The van der Waals surface area contributed by atoms with Crippen molar-refractivity contribution < 1.29 is 0 Å². The van der Waals surface area contributed by atoms with E-state index in [1.807, 2.05) is 13.2 Å². The molecule has 0 fully saturated rings. The minimum Gasteiger partial charge on any atom is -0.354 e. The molecule has 96 valence electrons. The van der Waals surface area contributed by atoms with Crippen LogP contribution in [0.3, 0.4) is 0 Å². The smallest absolute Gasteiger partial charge is 0.131 e. The Balaban J connectivity index is 2.12. The van der Waals surface area contributed by atoms with Gasteiger partial charge in [0, 0.05) is 24.7 Å². The first-order valence-corrected chi connectivity index (χ1v) is 6.92. The molecule has 3 nitrogen and oxygen atoms in total. The number of nitrogens with one attached hydrogen (secondary N) is 1. The second kappa shape index (κ2) is 5.98. The summed E-state index contributed by atoms with van der Waals surface area (Å²) in [6, 6.07) is 6.44. The van der Waals surface area contributed by atoms with Gasteiger partial charge in [0.25, 0.3) is 0 Å². The molecule has 18 heavy (non-hydrogen) atoms. The Kier molecular flexibility index (Phi) is 4.33. The van der Waals surface area contributed by atoms with Crippen LogP contribution in [-0.2, 0) is 13.1 Å². The summed E-state index contributed by atoms with van der Waals surface area (Å²) in [5.74, 6) is 1.06. The van der Waals surface area contributed by atoms with Gasteiger partial charge in [0.1, 0.15) is 5.82 Å². The molecule has 0 atom stereocenters. The van der Waals surface area contributed by atoms with Crippen LogP contribution in [0.1, 0.15) is 16.0 Å². The Morgan fingerprint density at radius 2 is 2.28 bits per heavy atom. The molecule has 0 unspecified atom stereocenters. The van der Waals surface area contributed by atoms with Crippen molar-refractivity contribution in [3.63, 3.8) is 0 Å². The monoisotopic (exact) mass is 261 g/mol. The van der Waals surface area contributed by atoms with Gasteiger partial charge in [-0.3, -0.25) is 0 Å². The second-order valence-electron chi connectivity index (χ2n) is 4.45. The Hall–Kier alpha value is -1.39. The molecule has 0 amide bonds. The number of anilines is 1. The van der Waals surface area contributed by atoms with E-state index >= 15 is 0 Å². The van der Waals surface area contributed by atoms with E-state index in [9.17, 15) is 0 Å². The standard InChI is InChI=1S/C14H19N3S/c1-11-7-12(8-15-2)9-16-14(11)17(3)10-13-5-4-6-18-13/h4-7,9,15H,8,10H2,1-3H3. The Labute approximate surface area is 112 Å². The Bertz CT molecular complexity index is 494. The van der Waals surface area contributed by atoms with Crippen LogP contribution in [0.2, 0.25) is 0 Å². The molecule has 0 aliphatic heterocycles. The molecule has 0 radical (unpaired) electrons. The summed E-state index contributed by atoms with van der Waals surface area (Å²) in [4.78, 5) is 8.13. The van der Waals surface area contributed by atoms with Crippen LogP contribution in [-0.4, -0.2) is 19.1 Å². The zero-order valence-electron chi connectivity index (χ0n) is 11.1. The van der Waals surface area contributed by atoms with Crippen LogP contribution in [0.5, 0.6) is 0 Å². The average Bonchev–Trinajstić information content (AvgIpc) is 2.82. The van der Waals surface area contributed by atoms with Crippen molar-refractivity contribution in [3.8, 4) is 0 Å². The number of hydrogen-bond donors (Lipinski definition) is 1. The van der Waals surface area contributed by atoms with Crippen molar-refractivity contribution in [2.24, 2.45) is 0 Å². The second-order valence-corrected chi connectivity index (χ2v) is 5.48. The normalized spacial score (nSPS) is 10.6. The van der Waals surface area contributed by atoms with Gasteiger partial charge in [-0.05, 0) is 42.6 Å². The van der Waals surface area contributed by atoms with Crippen LogP contribution >= 0.6 is 11.3 Å². The molecule has 0 aliphatic carbocycles. The van der Waals surface area contributed by atoms with Gasteiger partial charge in [-0.25, -0.2) is 4.98 Å². The number of hydrogen-bond acceptors (Lipinski definition) is 4. The first kappa shape index (κ1) is 13.1. The zero-order chi connectivity index (χ0) is 13.0. The summed E-state index contributed by atoms with van der Waals surface area (Å²) in [5.41, 5.74) is 2.45. The summed E-state index contributed by atoms with van der Waals surface area (Å²) in [6.45, 7) is 3.89. The largest absolute Gasteiger partial charge is 0.354 e. The third-order valence-electron chi connectivity index (χ3n) is 2.82. The number of thiophene rings is 1.